The van der Waals surface area contributed by atoms with Gasteiger partial charge >= 0.3 is 5.69 Å². The standard InChI is InChI=1S/C10H15N5O2S/c1-14-7-6(8(16)15(2)10(14)17)12-9(13-7)18-5-3-4-11/h3-5,11H2,1-2H3,(H,12,13). The molecule has 2 rings (SSSR count). The molecule has 0 aliphatic rings. The fraction of sp³-hybridized carbons (Fsp3) is 0.500. The Hall–Kier alpha value is -1.54. The topological polar surface area (TPSA) is 98.7 Å². The Morgan fingerprint density at radius 2 is 2.06 bits per heavy atom. The lowest BCUT2D eigenvalue weighted by Crippen LogP contribution is -2.36. The summed E-state index contributed by atoms with van der Waals surface area (Å²) in [6, 6.07) is 0. The smallest absolute Gasteiger partial charge is 0.330 e. The van der Waals surface area contributed by atoms with E-state index in [1.807, 2.05) is 0 Å². The average molecular weight is 269 g/mol. The normalized spacial score (nSPS) is 11.3. The minimum atomic E-state index is -0.377. The van der Waals surface area contributed by atoms with E-state index in [0.29, 0.717) is 22.9 Å². The van der Waals surface area contributed by atoms with Crippen molar-refractivity contribution >= 4 is 22.9 Å². The van der Waals surface area contributed by atoms with Gasteiger partial charge in [0.25, 0.3) is 5.56 Å². The molecule has 2 heterocycles. The van der Waals surface area contributed by atoms with Crippen LogP contribution >= 0.6 is 11.8 Å². The van der Waals surface area contributed by atoms with Crippen LogP contribution in [0.5, 0.6) is 0 Å². The number of thioether (sulfide) groups is 1. The predicted octanol–water partition coefficient (Wildman–Crippen LogP) is -0.599. The predicted molar refractivity (Wildman–Crippen MR) is 71.0 cm³/mol. The molecule has 0 aromatic carbocycles. The zero-order chi connectivity index (χ0) is 13.3. The molecular weight excluding hydrogens is 254 g/mol. The highest BCUT2D eigenvalue weighted by molar-refractivity contribution is 7.99. The number of H-pyrrole nitrogens is 1. The summed E-state index contributed by atoms with van der Waals surface area (Å²) in [4.78, 5) is 30.8. The number of nitrogens with two attached hydrogens (primary N) is 1. The van der Waals surface area contributed by atoms with Crippen LogP contribution in [-0.2, 0) is 14.1 Å². The van der Waals surface area contributed by atoms with Crippen LogP contribution in [0.15, 0.2) is 14.7 Å². The van der Waals surface area contributed by atoms with Gasteiger partial charge in [-0.15, -0.1) is 0 Å². The monoisotopic (exact) mass is 269 g/mol. The summed E-state index contributed by atoms with van der Waals surface area (Å²) >= 11 is 1.49. The molecule has 0 amide bonds. The molecule has 0 saturated heterocycles. The number of fused-ring (bicyclic) bond motifs is 1. The van der Waals surface area contributed by atoms with E-state index in [1.165, 1.54) is 23.4 Å². The first-order chi connectivity index (χ1) is 8.56. The summed E-state index contributed by atoms with van der Waals surface area (Å²) in [7, 11) is 3.05. The van der Waals surface area contributed by atoms with Crippen LogP contribution in [-0.4, -0.2) is 31.4 Å². The van der Waals surface area contributed by atoms with E-state index in [0.717, 1.165) is 16.7 Å². The first kappa shape index (κ1) is 12.9. The van der Waals surface area contributed by atoms with E-state index >= 15 is 0 Å². The van der Waals surface area contributed by atoms with Crippen molar-refractivity contribution in [1.29, 1.82) is 0 Å². The van der Waals surface area contributed by atoms with Gasteiger partial charge < -0.3 is 10.7 Å². The molecular formula is C10H15N5O2S. The van der Waals surface area contributed by atoms with Crippen molar-refractivity contribution in [2.24, 2.45) is 19.8 Å². The van der Waals surface area contributed by atoms with Gasteiger partial charge in [-0.1, -0.05) is 11.8 Å². The van der Waals surface area contributed by atoms with Gasteiger partial charge in [0.2, 0.25) is 0 Å². The Labute approximate surface area is 107 Å². The van der Waals surface area contributed by atoms with E-state index in [1.54, 1.807) is 7.05 Å². The number of nitrogens with one attached hydrogen (secondary N) is 1. The maximum Gasteiger partial charge on any atom is 0.332 e. The van der Waals surface area contributed by atoms with Crippen molar-refractivity contribution < 1.29 is 0 Å². The van der Waals surface area contributed by atoms with Crippen LogP contribution in [0, 0.1) is 0 Å². The molecule has 0 radical (unpaired) electrons. The number of rotatable bonds is 4. The summed E-state index contributed by atoms with van der Waals surface area (Å²) in [6.45, 7) is 0.619. The van der Waals surface area contributed by atoms with E-state index in [-0.39, 0.29) is 11.2 Å². The van der Waals surface area contributed by atoms with Crippen molar-refractivity contribution in [2.45, 2.75) is 11.6 Å². The summed E-state index contributed by atoms with van der Waals surface area (Å²) in [6.07, 6.45) is 0.874. The van der Waals surface area contributed by atoms with Gasteiger partial charge in [-0.3, -0.25) is 13.9 Å². The lowest BCUT2D eigenvalue weighted by molar-refractivity contribution is 0.708. The van der Waals surface area contributed by atoms with Gasteiger partial charge in [-0.2, -0.15) is 0 Å². The summed E-state index contributed by atoms with van der Waals surface area (Å²) < 4.78 is 2.43. The van der Waals surface area contributed by atoms with Gasteiger partial charge in [0.15, 0.2) is 16.3 Å². The summed E-state index contributed by atoms with van der Waals surface area (Å²) in [5.74, 6) is 0.824. The number of hydrogen-bond acceptors (Lipinski definition) is 5. The first-order valence-corrected chi connectivity index (χ1v) is 6.53. The Bertz CT molecular complexity index is 684. The number of hydrogen-bond donors (Lipinski definition) is 2. The van der Waals surface area contributed by atoms with Crippen LogP contribution in [0.1, 0.15) is 6.42 Å². The van der Waals surface area contributed by atoms with Crippen molar-refractivity contribution in [3.63, 3.8) is 0 Å². The first-order valence-electron chi connectivity index (χ1n) is 5.55. The summed E-state index contributed by atoms with van der Waals surface area (Å²) in [5.41, 5.74) is 5.42. The second-order valence-electron chi connectivity index (χ2n) is 3.94. The van der Waals surface area contributed by atoms with E-state index in [9.17, 15) is 9.59 Å². The highest BCUT2D eigenvalue weighted by Gasteiger charge is 2.13. The lowest BCUT2D eigenvalue weighted by atomic mass is 10.5. The Morgan fingerprint density at radius 3 is 2.72 bits per heavy atom. The molecule has 8 heteroatoms. The zero-order valence-electron chi connectivity index (χ0n) is 10.3. The van der Waals surface area contributed by atoms with Crippen LogP contribution in [0.4, 0.5) is 0 Å². The maximum atomic E-state index is 11.9. The van der Waals surface area contributed by atoms with E-state index in [2.05, 4.69) is 9.97 Å². The zero-order valence-corrected chi connectivity index (χ0v) is 11.1. The van der Waals surface area contributed by atoms with Gasteiger partial charge in [-0.25, -0.2) is 9.78 Å². The fourth-order valence-electron chi connectivity index (χ4n) is 1.63. The number of aromatic nitrogens is 4. The third-order valence-corrected chi connectivity index (χ3v) is 3.62. The quantitative estimate of drug-likeness (QED) is 0.570. The highest BCUT2D eigenvalue weighted by atomic mass is 32.2. The molecule has 7 nitrogen and oxygen atoms in total. The molecule has 0 spiro atoms. The molecule has 2 aromatic heterocycles. The molecule has 0 unspecified atom stereocenters. The molecule has 0 saturated carbocycles. The maximum absolute atomic E-state index is 11.9. The highest BCUT2D eigenvalue weighted by Crippen LogP contribution is 2.16. The number of nitrogens with zero attached hydrogens (tertiary/aromatic N) is 3. The number of imidazole rings is 1. The third kappa shape index (κ3) is 2.08. The fourth-order valence-corrected chi connectivity index (χ4v) is 2.45. The van der Waals surface area contributed by atoms with Gasteiger partial charge in [-0.05, 0) is 13.0 Å². The minimum Gasteiger partial charge on any atom is -0.330 e. The lowest BCUT2D eigenvalue weighted by Gasteiger charge is -2.00. The van der Waals surface area contributed by atoms with E-state index < -0.39 is 0 Å². The Kier molecular flexibility index (Phi) is 3.58. The molecule has 98 valence electrons. The minimum absolute atomic E-state index is 0.355. The molecule has 3 N–H and O–H groups in total. The Morgan fingerprint density at radius 1 is 1.33 bits per heavy atom. The largest absolute Gasteiger partial charge is 0.332 e. The van der Waals surface area contributed by atoms with Crippen molar-refractivity contribution in [3.05, 3.63) is 20.8 Å². The SMILES string of the molecule is Cn1c(=O)c2[nH]c(SCCCN)nc2n(C)c1=O. The molecule has 18 heavy (non-hydrogen) atoms. The second-order valence-corrected chi connectivity index (χ2v) is 5.02. The van der Waals surface area contributed by atoms with Gasteiger partial charge in [0, 0.05) is 19.8 Å². The third-order valence-electron chi connectivity index (χ3n) is 2.66. The van der Waals surface area contributed by atoms with Gasteiger partial charge in [0.05, 0.1) is 0 Å². The van der Waals surface area contributed by atoms with Crippen LogP contribution in [0.25, 0.3) is 11.2 Å². The van der Waals surface area contributed by atoms with Crippen LogP contribution in [0.3, 0.4) is 0 Å². The van der Waals surface area contributed by atoms with Crippen LogP contribution in [0.2, 0.25) is 0 Å². The van der Waals surface area contributed by atoms with Crippen molar-refractivity contribution in [3.8, 4) is 0 Å². The molecule has 0 fully saturated rings. The number of aromatic amines is 1. The second kappa shape index (κ2) is 4.99. The Balaban J connectivity index is 2.51. The van der Waals surface area contributed by atoms with Crippen molar-refractivity contribution in [2.75, 3.05) is 12.3 Å². The number of aryl methyl sites for hydroxylation is 1. The molecule has 0 aliphatic heterocycles. The summed E-state index contributed by atoms with van der Waals surface area (Å²) in [5, 5.41) is 0.636. The van der Waals surface area contributed by atoms with Gasteiger partial charge in [0.1, 0.15) is 0 Å². The van der Waals surface area contributed by atoms with E-state index in [4.69, 9.17) is 5.73 Å². The molecule has 0 atom stereocenters. The average Bonchev–Trinajstić information content (AvgIpc) is 2.78. The molecule has 2 aromatic rings. The molecule has 0 aliphatic carbocycles. The van der Waals surface area contributed by atoms with Crippen molar-refractivity contribution in [1.82, 2.24) is 19.1 Å². The van der Waals surface area contributed by atoms with Crippen LogP contribution < -0.4 is 17.0 Å². The molecule has 0 bridgehead atoms.